The van der Waals surface area contributed by atoms with Gasteiger partial charge >= 0.3 is 5.97 Å². The molecule has 0 bridgehead atoms. The van der Waals surface area contributed by atoms with Crippen LogP contribution in [0.1, 0.15) is 19.4 Å². The van der Waals surface area contributed by atoms with E-state index in [1.54, 1.807) is 21.1 Å². The van der Waals surface area contributed by atoms with Gasteiger partial charge < -0.3 is 19.5 Å². The number of likely N-dealkylation sites (N-methyl/N-ethyl adjacent to an activating group) is 1. The first-order chi connectivity index (χ1) is 9.65. The second kappa shape index (κ2) is 8.43. The molecule has 0 saturated carbocycles. The summed E-state index contributed by atoms with van der Waals surface area (Å²) in [7, 11) is 3.30. The number of nitrogens with one attached hydrogen (secondary N) is 1. The average Bonchev–Trinajstić information content (AvgIpc) is 2.48. The van der Waals surface area contributed by atoms with Crippen molar-refractivity contribution >= 4 is 5.97 Å². The van der Waals surface area contributed by atoms with Crippen LogP contribution in [0.4, 0.5) is 0 Å². The number of hydrogen-bond acceptors (Lipinski definition) is 5. The van der Waals surface area contributed by atoms with Crippen LogP contribution in [0, 0.1) is 0 Å². The van der Waals surface area contributed by atoms with Gasteiger partial charge in [-0.25, -0.2) is 0 Å². The Labute approximate surface area is 120 Å². The Morgan fingerprint density at radius 1 is 1.30 bits per heavy atom. The lowest BCUT2D eigenvalue weighted by Gasteiger charge is -2.17. The summed E-state index contributed by atoms with van der Waals surface area (Å²) in [6, 6.07) is 5.28. The minimum absolute atomic E-state index is 0.192. The van der Waals surface area contributed by atoms with Crippen LogP contribution >= 0.6 is 0 Å². The molecule has 5 heteroatoms. The molecule has 0 aliphatic carbocycles. The number of hydrogen-bond donors (Lipinski definition) is 1. The average molecular weight is 281 g/mol. The number of benzene rings is 1. The van der Waals surface area contributed by atoms with Crippen molar-refractivity contribution in [1.82, 2.24) is 5.32 Å². The van der Waals surface area contributed by atoms with Gasteiger partial charge in [0.25, 0.3) is 0 Å². The maximum Gasteiger partial charge on any atom is 0.326 e. The number of methoxy groups -OCH3 is 1. The van der Waals surface area contributed by atoms with Gasteiger partial charge in [0.05, 0.1) is 13.7 Å². The standard InChI is InChI=1S/C15H23NO4/c1-5-11-7-8-13(14(9-11)18-4)20-10-12(16-3)15(17)19-6-2/h7-9,12,16H,5-6,10H2,1-4H3. The van der Waals surface area contributed by atoms with Gasteiger partial charge in [-0.05, 0) is 38.1 Å². The van der Waals surface area contributed by atoms with E-state index < -0.39 is 6.04 Å². The SMILES string of the molecule is CCOC(=O)C(COc1ccc(CC)cc1OC)NC. The Morgan fingerprint density at radius 2 is 2.05 bits per heavy atom. The fraction of sp³-hybridized carbons (Fsp3) is 0.533. The summed E-state index contributed by atoms with van der Waals surface area (Å²) < 4.78 is 15.9. The predicted molar refractivity (Wildman–Crippen MR) is 77.3 cm³/mol. The molecule has 5 nitrogen and oxygen atoms in total. The minimum atomic E-state index is -0.495. The molecule has 0 aliphatic rings. The molecule has 1 N–H and O–H groups in total. The summed E-state index contributed by atoms with van der Waals surface area (Å²) in [6.07, 6.45) is 0.929. The Morgan fingerprint density at radius 3 is 2.60 bits per heavy atom. The Bertz CT molecular complexity index is 434. The summed E-state index contributed by atoms with van der Waals surface area (Å²) in [5, 5.41) is 2.88. The molecule has 0 amide bonds. The monoisotopic (exact) mass is 281 g/mol. The van der Waals surface area contributed by atoms with Crippen molar-refractivity contribution in [2.24, 2.45) is 0 Å². The highest BCUT2D eigenvalue weighted by molar-refractivity contribution is 5.75. The first kappa shape index (κ1) is 16.3. The van der Waals surface area contributed by atoms with E-state index in [2.05, 4.69) is 12.2 Å². The number of rotatable bonds is 8. The van der Waals surface area contributed by atoms with Crippen LogP contribution in [-0.2, 0) is 16.0 Å². The molecule has 0 aromatic heterocycles. The van der Waals surface area contributed by atoms with Gasteiger partial charge in [-0.2, -0.15) is 0 Å². The highest BCUT2D eigenvalue weighted by Crippen LogP contribution is 2.28. The summed E-state index contributed by atoms with van der Waals surface area (Å²) in [5.74, 6) is 0.969. The van der Waals surface area contributed by atoms with Gasteiger partial charge in [-0.1, -0.05) is 13.0 Å². The van der Waals surface area contributed by atoms with E-state index in [1.165, 1.54) is 5.56 Å². The topological polar surface area (TPSA) is 56.8 Å². The normalized spacial score (nSPS) is 11.8. The zero-order valence-electron chi connectivity index (χ0n) is 12.6. The first-order valence-corrected chi connectivity index (χ1v) is 6.79. The molecular formula is C15H23NO4. The number of ether oxygens (including phenoxy) is 3. The van der Waals surface area contributed by atoms with Crippen molar-refractivity contribution in [2.75, 3.05) is 27.4 Å². The molecule has 0 saturated heterocycles. The van der Waals surface area contributed by atoms with Gasteiger partial charge in [0, 0.05) is 0 Å². The summed E-state index contributed by atoms with van der Waals surface area (Å²) in [6.45, 7) is 4.40. The van der Waals surface area contributed by atoms with Crippen LogP contribution in [0.2, 0.25) is 0 Å². The third-order valence-corrected chi connectivity index (χ3v) is 2.96. The summed E-state index contributed by atoms with van der Waals surface area (Å²) >= 11 is 0. The predicted octanol–water partition coefficient (Wildman–Crippen LogP) is 1.79. The molecule has 112 valence electrons. The van der Waals surface area contributed by atoms with Crippen molar-refractivity contribution in [1.29, 1.82) is 0 Å². The molecule has 0 heterocycles. The van der Waals surface area contributed by atoms with E-state index in [9.17, 15) is 4.79 Å². The zero-order valence-corrected chi connectivity index (χ0v) is 12.6. The van der Waals surface area contributed by atoms with Gasteiger partial charge in [0.1, 0.15) is 12.6 Å². The van der Waals surface area contributed by atoms with Crippen LogP contribution < -0.4 is 14.8 Å². The van der Waals surface area contributed by atoms with E-state index in [0.29, 0.717) is 18.1 Å². The fourth-order valence-electron chi connectivity index (χ4n) is 1.74. The number of aryl methyl sites for hydroxylation is 1. The highest BCUT2D eigenvalue weighted by atomic mass is 16.5. The van der Waals surface area contributed by atoms with Crippen LogP contribution in [-0.4, -0.2) is 39.4 Å². The van der Waals surface area contributed by atoms with Crippen molar-refractivity contribution in [3.63, 3.8) is 0 Å². The van der Waals surface area contributed by atoms with Crippen molar-refractivity contribution in [2.45, 2.75) is 26.3 Å². The van der Waals surface area contributed by atoms with E-state index in [4.69, 9.17) is 14.2 Å². The summed E-state index contributed by atoms with van der Waals surface area (Å²) in [4.78, 5) is 11.7. The molecule has 1 unspecified atom stereocenters. The number of carbonyl (C=O) groups excluding carboxylic acids is 1. The van der Waals surface area contributed by atoms with E-state index >= 15 is 0 Å². The zero-order chi connectivity index (χ0) is 15.0. The summed E-state index contributed by atoms with van der Waals surface area (Å²) in [5.41, 5.74) is 1.17. The van der Waals surface area contributed by atoms with Crippen LogP contribution in [0.5, 0.6) is 11.5 Å². The minimum Gasteiger partial charge on any atom is -0.493 e. The molecule has 0 aliphatic heterocycles. The van der Waals surface area contributed by atoms with Gasteiger partial charge in [0.15, 0.2) is 11.5 Å². The molecule has 20 heavy (non-hydrogen) atoms. The van der Waals surface area contributed by atoms with Crippen LogP contribution in [0.3, 0.4) is 0 Å². The Hall–Kier alpha value is -1.75. The van der Waals surface area contributed by atoms with Gasteiger partial charge in [-0.15, -0.1) is 0 Å². The molecule has 1 aromatic carbocycles. The first-order valence-electron chi connectivity index (χ1n) is 6.79. The molecule has 0 fully saturated rings. The fourth-order valence-corrected chi connectivity index (χ4v) is 1.74. The highest BCUT2D eigenvalue weighted by Gasteiger charge is 2.19. The van der Waals surface area contributed by atoms with Crippen molar-refractivity contribution in [3.8, 4) is 11.5 Å². The van der Waals surface area contributed by atoms with Crippen LogP contribution in [0.15, 0.2) is 18.2 Å². The molecule has 1 rings (SSSR count). The van der Waals surface area contributed by atoms with Gasteiger partial charge in [0.2, 0.25) is 0 Å². The number of carbonyl (C=O) groups is 1. The Balaban J connectivity index is 2.70. The van der Waals surface area contributed by atoms with Crippen LogP contribution in [0.25, 0.3) is 0 Å². The second-order valence-electron chi connectivity index (χ2n) is 4.24. The number of esters is 1. The molecule has 1 atom stereocenters. The third-order valence-electron chi connectivity index (χ3n) is 2.96. The van der Waals surface area contributed by atoms with Crippen molar-refractivity contribution in [3.05, 3.63) is 23.8 Å². The maximum atomic E-state index is 11.7. The third kappa shape index (κ3) is 4.42. The lowest BCUT2D eigenvalue weighted by molar-refractivity contribution is -0.146. The molecule has 0 radical (unpaired) electrons. The van der Waals surface area contributed by atoms with E-state index in [1.807, 2.05) is 18.2 Å². The quantitative estimate of drug-likeness (QED) is 0.736. The lowest BCUT2D eigenvalue weighted by Crippen LogP contribution is -2.40. The lowest BCUT2D eigenvalue weighted by atomic mass is 10.1. The van der Waals surface area contributed by atoms with Crippen molar-refractivity contribution < 1.29 is 19.0 Å². The largest absolute Gasteiger partial charge is 0.493 e. The maximum absolute atomic E-state index is 11.7. The molecule has 0 spiro atoms. The van der Waals surface area contributed by atoms with Gasteiger partial charge in [-0.3, -0.25) is 4.79 Å². The molecule has 1 aromatic rings. The van der Waals surface area contributed by atoms with E-state index in [0.717, 1.165) is 6.42 Å². The second-order valence-corrected chi connectivity index (χ2v) is 4.24. The molecular weight excluding hydrogens is 258 g/mol. The van der Waals surface area contributed by atoms with E-state index in [-0.39, 0.29) is 12.6 Å². The smallest absolute Gasteiger partial charge is 0.326 e. The Kier molecular flexibility index (Phi) is 6.87.